The molecule has 5 heteroatoms. The van der Waals surface area contributed by atoms with Gasteiger partial charge >= 0.3 is 0 Å². The van der Waals surface area contributed by atoms with Crippen molar-refractivity contribution in [2.45, 2.75) is 32.9 Å². The van der Waals surface area contributed by atoms with Crippen molar-refractivity contribution in [1.82, 2.24) is 14.8 Å². The van der Waals surface area contributed by atoms with Crippen molar-refractivity contribution in [3.8, 4) is 0 Å². The van der Waals surface area contributed by atoms with Gasteiger partial charge in [0.1, 0.15) is 6.10 Å². The summed E-state index contributed by atoms with van der Waals surface area (Å²) in [6, 6.07) is 1.87. The second kappa shape index (κ2) is 5.50. The van der Waals surface area contributed by atoms with Crippen molar-refractivity contribution in [2.24, 2.45) is 0 Å². The van der Waals surface area contributed by atoms with Gasteiger partial charge in [-0.3, -0.25) is 9.67 Å². The molecule has 2 aromatic heterocycles. The molecule has 2 aromatic rings. The van der Waals surface area contributed by atoms with E-state index in [1.165, 1.54) is 0 Å². The first kappa shape index (κ1) is 13.1. The summed E-state index contributed by atoms with van der Waals surface area (Å²) in [4.78, 5) is 4.05. The number of rotatable bonds is 4. The molecular formula is C13H16ClN3O. The van der Waals surface area contributed by atoms with Crippen LogP contribution in [0.15, 0.2) is 24.7 Å². The van der Waals surface area contributed by atoms with Crippen molar-refractivity contribution in [1.29, 1.82) is 0 Å². The fourth-order valence-corrected chi connectivity index (χ4v) is 2.19. The highest BCUT2D eigenvalue weighted by Gasteiger charge is 2.21. The lowest BCUT2D eigenvalue weighted by Crippen LogP contribution is -2.11. The van der Waals surface area contributed by atoms with Crippen LogP contribution in [-0.2, 0) is 6.54 Å². The van der Waals surface area contributed by atoms with E-state index in [1.807, 2.05) is 13.0 Å². The van der Waals surface area contributed by atoms with Gasteiger partial charge in [0, 0.05) is 24.5 Å². The molecule has 0 aliphatic rings. The first-order valence-electron chi connectivity index (χ1n) is 5.95. The van der Waals surface area contributed by atoms with Crippen LogP contribution in [0.1, 0.15) is 36.3 Å². The summed E-state index contributed by atoms with van der Waals surface area (Å²) >= 11 is 6.11. The van der Waals surface area contributed by atoms with Gasteiger partial charge in [0.05, 0.1) is 16.9 Å². The highest BCUT2D eigenvalue weighted by atomic mass is 35.5. The Morgan fingerprint density at radius 3 is 2.89 bits per heavy atom. The van der Waals surface area contributed by atoms with Crippen molar-refractivity contribution in [3.05, 3.63) is 46.5 Å². The van der Waals surface area contributed by atoms with E-state index >= 15 is 0 Å². The Morgan fingerprint density at radius 2 is 2.22 bits per heavy atom. The van der Waals surface area contributed by atoms with Crippen LogP contribution in [0.25, 0.3) is 0 Å². The molecule has 18 heavy (non-hydrogen) atoms. The van der Waals surface area contributed by atoms with Gasteiger partial charge < -0.3 is 5.11 Å². The molecule has 2 rings (SSSR count). The summed E-state index contributed by atoms with van der Waals surface area (Å²) in [6.45, 7) is 4.73. The molecule has 0 aromatic carbocycles. The first-order valence-corrected chi connectivity index (χ1v) is 6.32. The number of pyridine rings is 1. The second-order valence-corrected chi connectivity index (χ2v) is 4.64. The Labute approximate surface area is 111 Å². The van der Waals surface area contributed by atoms with Crippen LogP contribution >= 0.6 is 11.6 Å². The van der Waals surface area contributed by atoms with Gasteiger partial charge in [-0.15, -0.1) is 0 Å². The number of aryl methyl sites for hydroxylation is 2. The monoisotopic (exact) mass is 265 g/mol. The SMILES string of the molecule is CCCn1ncc(Cl)c1C(O)c1cnccc1C. The summed E-state index contributed by atoms with van der Waals surface area (Å²) in [7, 11) is 0. The molecule has 1 N–H and O–H groups in total. The quantitative estimate of drug-likeness (QED) is 0.925. The molecule has 0 amide bonds. The van der Waals surface area contributed by atoms with Gasteiger partial charge in [-0.25, -0.2) is 0 Å². The molecule has 0 aliphatic carbocycles. The predicted octanol–water partition coefficient (Wildman–Crippen LogP) is 2.73. The molecule has 0 bridgehead atoms. The zero-order valence-electron chi connectivity index (χ0n) is 10.5. The molecular weight excluding hydrogens is 250 g/mol. The average Bonchev–Trinajstić information content (AvgIpc) is 2.71. The molecule has 0 fully saturated rings. The average molecular weight is 266 g/mol. The van der Waals surface area contributed by atoms with Crippen LogP contribution in [0, 0.1) is 6.92 Å². The summed E-state index contributed by atoms with van der Waals surface area (Å²) in [5, 5.41) is 15.1. The lowest BCUT2D eigenvalue weighted by atomic mass is 10.0. The molecule has 2 heterocycles. The van der Waals surface area contributed by atoms with Gasteiger partial charge in [-0.1, -0.05) is 18.5 Å². The standard InChI is InChI=1S/C13H16ClN3O/c1-3-6-17-12(11(14)8-16-17)13(18)10-7-15-5-4-9(10)2/h4-5,7-8,13,18H,3,6H2,1-2H3. The van der Waals surface area contributed by atoms with E-state index in [1.54, 1.807) is 23.3 Å². The van der Waals surface area contributed by atoms with Crippen LogP contribution in [0.2, 0.25) is 5.02 Å². The highest BCUT2D eigenvalue weighted by Crippen LogP contribution is 2.29. The van der Waals surface area contributed by atoms with Gasteiger partial charge in [-0.2, -0.15) is 5.10 Å². The third-order valence-corrected chi connectivity index (χ3v) is 3.19. The molecule has 4 nitrogen and oxygen atoms in total. The third-order valence-electron chi connectivity index (χ3n) is 2.90. The maximum atomic E-state index is 10.5. The Morgan fingerprint density at radius 1 is 1.44 bits per heavy atom. The van der Waals surface area contributed by atoms with E-state index in [0.29, 0.717) is 10.7 Å². The normalized spacial score (nSPS) is 12.7. The van der Waals surface area contributed by atoms with Gasteiger partial charge in [0.2, 0.25) is 0 Å². The summed E-state index contributed by atoms with van der Waals surface area (Å²) < 4.78 is 1.75. The second-order valence-electron chi connectivity index (χ2n) is 4.24. The number of hydrogen-bond donors (Lipinski definition) is 1. The zero-order valence-corrected chi connectivity index (χ0v) is 11.2. The fourth-order valence-electron chi connectivity index (χ4n) is 1.94. The first-order chi connectivity index (χ1) is 8.65. The Bertz CT molecular complexity index is 539. The maximum Gasteiger partial charge on any atom is 0.124 e. The molecule has 0 aliphatic heterocycles. The topological polar surface area (TPSA) is 50.9 Å². The third kappa shape index (κ3) is 2.40. The minimum absolute atomic E-state index is 0.485. The van der Waals surface area contributed by atoms with Crippen molar-refractivity contribution in [2.75, 3.05) is 0 Å². The summed E-state index contributed by atoms with van der Waals surface area (Å²) in [5.74, 6) is 0. The van der Waals surface area contributed by atoms with E-state index in [-0.39, 0.29) is 0 Å². The van der Waals surface area contributed by atoms with Crippen LogP contribution in [0.4, 0.5) is 0 Å². The molecule has 1 unspecified atom stereocenters. The fraction of sp³-hybridized carbons (Fsp3) is 0.385. The lowest BCUT2D eigenvalue weighted by Gasteiger charge is -2.15. The summed E-state index contributed by atoms with van der Waals surface area (Å²) in [5.41, 5.74) is 2.38. The largest absolute Gasteiger partial charge is 0.382 e. The Hall–Kier alpha value is -1.39. The van der Waals surface area contributed by atoms with Gasteiger partial charge in [0.25, 0.3) is 0 Å². The lowest BCUT2D eigenvalue weighted by molar-refractivity contribution is 0.206. The van der Waals surface area contributed by atoms with Crippen LogP contribution < -0.4 is 0 Å². The van der Waals surface area contributed by atoms with E-state index < -0.39 is 6.10 Å². The highest BCUT2D eigenvalue weighted by molar-refractivity contribution is 6.31. The molecule has 0 radical (unpaired) electrons. The summed E-state index contributed by atoms with van der Waals surface area (Å²) in [6.07, 6.45) is 5.08. The number of nitrogens with zero attached hydrogens (tertiary/aromatic N) is 3. The van der Waals surface area contributed by atoms with Crippen LogP contribution in [-0.4, -0.2) is 19.9 Å². The smallest absolute Gasteiger partial charge is 0.124 e. The Kier molecular flexibility index (Phi) is 3.99. The van der Waals surface area contributed by atoms with Crippen molar-refractivity contribution >= 4 is 11.6 Å². The number of aliphatic hydroxyl groups excluding tert-OH is 1. The number of aromatic nitrogens is 3. The van der Waals surface area contributed by atoms with Crippen molar-refractivity contribution in [3.63, 3.8) is 0 Å². The van der Waals surface area contributed by atoms with Crippen molar-refractivity contribution < 1.29 is 5.11 Å². The van der Waals surface area contributed by atoms with E-state index in [9.17, 15) is 5.11 Å². The Balaban J connectivity index is 2.42. The maximum absolute atomic E-state index is 10.5. The molecule has 96 valence electrons. The van der Waals surface area contributed by atoms with Crippen LogP contribution in [0.5, 0.6) is 0 Å². The number of halogens is 1. The van der Waals surface area contributed by atoms with Crippen LogP contribution in [0.3, 0.4) is 0 Å². The molecule has 0 spiro atoms. The van der Waals surface area contributed by atoms with E-state index in [2.05, 4.69) is 17.0 Å². The minimum atomic E-state index is -0.791. The van der Waals surface area contributed by atoms with E-state index in [4.69, 9.17) is 11.6 Å². The number of aliphatic hydroxyl groups is 1. The van der Waals surface area contributed by atoms with Gasteiger partial charge in [0.15, 0.2) is 0 Å². The predicted molar refractivity (Wildman–Crippen MR) is 70.6 cm³/mol. The molecule has 1 atom stereocenters. The molecule has 0 saturated carbocycles. The molecule has 0 saturated heterocycles. The van der Waals surface area contributed by atoms with Gasteiger partial charge in [-0.05, 0) is 25.0 Å². The number of hydrogen-bond acceptors (Lipinski definition) is 3. The van der Waals surface area contributed by atoms with E-state index in [0.717, 1.165) is 24.1 Å². The zero-order chi connectivity index (χ0) is 13.1. The minimum Gasteiger partial charge on any atom is -0.382 e.